The number of allylic oxidation sites excluding steroid dienone is 2. The van der Waals surface area contributed by atoms with Crippen LogP contribution in [0.25, 0.3) is 0 Å². The lowest BCUT2D eigenvalue weighted by Crippen LogP contribution is -2.43. The van der Waals surface area contributed by atoms with E-state index in [1.54, 1.807) is 0 Å². The summed E-state index contributed by atoms with van der Waals surface area (Å²) in [5.41, 5.74) is 0. The van der Waals surface area contributed by atoms with E-state index in [4.69, 9.17) is 4.52 Å². The van der Waals surface area contributed by atoms with Crippen LogP contribution in [0.5, 0.6) is 0 Å². The van der Waals surface area contributed by atoms with Crippen molar-refractivity contribution >= 4 is 13.7 Å². The minimum atomic E-state index is -3.96. The third-order valence-electron chi connectivity index (χ3n) is 5.82. The van der Waals surface area contributed by atoms with Crippen LogP contribution in [0.1, 0.15) is 51.9 Å². The van der Waals surface area contributed by atoms with E-state index in [-0.39, 0.29) is 30.3 Å². The average molecular weight is 387 g/mol. The van der Waals surface area contributed by atoms with Crippen molar-refractivity contribution in [2.24, 2.45) is 23.7 Å². The maximum absolute atomic E-state index is 13.1. The first-order chi connectivity index (χ1) is 12.3. The van der Waals surface area contributed by atoms with Gasteiger partial charge in [0.25, 0.3) is 0 Å². The number of nitrogens with zero attached hydrogens (tertiary/aromatic N) is 1. The molecule has 1 amide bonds. The van der Waals surface area contributed by atoms with Crippen molar-refractivity contribution in [2.45, 2.75) is 51.9 Å². The Bertz CT molecular complexity index is 532. The lowest BCUT2D eigenvalue weighted by Gasteiger charge is -2.36. The molecule has 2 aliphatic rings. The van der Waals surface area contributed by atoms with Crippen LogP contribution in [-0.4, -0.2) is 43.0 Å². The zero-order valence-corrected chi connectivity index (χ0v) is 17.2. The summed E-state index contributed by atoms with van der Waals surface area (Å²) in [5.74, 6) is 0.997. The minimum absolute atomic E-state index is 0.0249. The molecular weight excluding hydrogens is 353 g/mol. The fourth-order valence-corrected chi connectivity index (χ4v) is 4.76. The Morgan fingerprint density at radius 1 is 1.31 bits per heavy atom. The van der Waals surface area contributed by atoms with E-state index < -0.39 is 7.82 Å². The molecule has 26 heavy (non-hydrogen) atoms. The Kier molecular flexibility index (Phi) is 8.34. The second-order valence-corrected chi connectivity index (χ2v) is 9.39. The Labute approximate surface area is 157 Å². The van der Waals surface area contributed by atoms with Gasteiger partial charge >= 0.3 is 7.82 Å². The molecule has 0 radical (unpaired) electrons. The van der Waals surface area contributed by atoms with E-state index in [9.17, 15) is 14.3 Å². The summed E-state index contributed by atoms with van der Waals surface area (Å²) in [5, 5.41) is 0. The number of carbonyl (C=O) groups is 1. The third-order valence-corrected chi connectivity index (χ3v) is 6.79. The summed E-state index contributed by atoms with van der Waals surface area (Å²) in [6, 6.07) is 0. The standard InChI is InChI=1S/C19H34NO5P/c1-15-8-7-11-17(12-13-25-26(22,23)24-3)18(15)19(21)20(2)14-16-9-5-4-6-10-16/h7,11,15-18H,4-6,8-10,12-14H2,1-3H3,(H,22,23). The molecule has 0 saturated heterocycles. The molecule has 6 nitrogen and oxygen atoms in total. The highest BCUT2D eigenvalue weighted by Crippen LogP contribution is 2.43. The third kappa shape index (κ3) is 6.19. The fourth-order valence-electron chi connectivity index (χ4n) is 4.32. The molecular formula is C19H34NO5P. The molecule has 1 N–H and O–H groups in total. The molecule has 2 aliphatic carbocycles. The normalized spacial score (nSPS) is 29.3. The number of phosphoric acid groups is 1. The number of hydrogen-bond acceptors (Lipinski definition) is 4. The number of phosphoric ester groups is 1. The molecule has 7 heteroatoms. The summed E-state index contributed by atoms with van der Waals surface area (Å²) in [6.07, 6.45) is 11.9. The number of carbonyl (C=O) groups excluding carboxylic acids is 1. The van der Waals surface area contributed by atoms with Crippen LogP contribution < -0.4 is 0 Å². The highest BCUT2D eigenvalue weighted by Gasteiger charge is 2.36. The average Bonchev–Trinajstić information content (AvgIpc) is 2.62. The lowest BCUT2D eigenvalue weighted by atomic mass is 9.74. The van der Waals surface area contributed by atoms with Crippen molar-refractivity contribution < 1.29 is 23.3 Å². The van der Waals surface area contributed by atoms with Crippen molar-refractivity contribution in [3.8, 4) is 0 Å². The van der Waals surface area contributed by atoms with Crippen LogP contribution in [0.15, 0.2) is 12.2 Å². The SMILES string of the molecule is COP(=O)(O)OCCC1C=CCC(C)C1C(=O)N(C)CC1CCCCC1. The van der Waals surface area contributed by atoms with Crippen LogP contribution in [0.2, 0.25) is 0 Å². The topological polar surface area (TPSA) is 76.1 Å². The van der Waals surface area contributed by atoms with Crippen molar-refractivity contribution in [3.05, 3.63) is 12.2 Å². The van der Waals surface area contributed by atoms with Crippen LogP contribution in [0.3, 0.4) is 0 Å². The molecule has 0 spiro atoms. The van der Waals surface area contributed by atoms with Gasteiger partial charge in [0.15, 0.2) is 0 Å². The van der Waals surface area contributed by atoms with Crippen LogP contribution in [0, 0.1) is 23.7 Å². The highest BCUT2D eigenvalue weighted by molar-refractivity contribution is 7.47. The first kappa shape index (κ1) is 21.6. The number of hydrogen-bond donors (Lipinski definition) is 1. The van der Waals surface area contributed by atoms with Gasteiger partial charge in [-0.05, 0) is 43.4 Å². The van der Waals surface area contributed by atoms with Crippen molar-refractivity contribution in [1.82, 2.24) is 4.90 Å². The van der Waals surface area contributed by atoms with Crippen molar-refractivity contribution in [2.75, 3.05) is 27.3 Å². The fraction of sp³-hybridized carbons (Fsp3) is 0.842. The van der Waals surface area contributed by atoms with Gasteiger partial charge in [-0.2, -0.15) is 0 Å². The number of rotatable bonds is 8. The van der Waals surface area contributed by atoms with E-state index in [2.05, 4.69) is 23.6 Å². The van der Waals surface area contributed by atoms with Gasteiger partial charge in [0.1, 0.15) is 0 Å². The molecule has 0 bridgehead atoms. The van der Waals surface area contributed by atoms with Crippen LogP contribution >= 0.6 is 7.82 Å². The first-order valence-corrected chi connectivity index (χ1v) is 11.3. The van der Waals surface area contributed by atoms with Gasteiger partial charge in [0.2, 0.25) is 5.91 Å². The Balaban J connectivity index is 1.94. The lowest BCUT2D eigenvalue weighted by molar-refractivity contribution is -0.138. The van der Waals surface area contributed by atoms with Crippen molar-refractivity contribution in [1.29, 1.82) is 0 Å². The van der Waals surface area contributed by atoms with E-state index in [0.29, 0.717) is 12.3 Å². The minimum Gasteiger partial charge on any atom is -0.345 e. The molecule has 4 atom stereocenters. The molecule has 150 valence electrons. The van der Waals surface area contributed by atoms with Crippen LogP contribution in [0.4, 0.5) is 0 Å². The van der Waals surface area contributed by atoms with E-state index >= 15 is 0 Å². The molecule has 0 heterocycles. The Hall–Kier alpha value is -0.680. The highest BCUT2D eigenvalue weighted by atomic mass is 31.2. The molecule has 1 fully saturated rings. The molecule has 0 aliphatic heterocycles. The maximum atomic E-state index is 13.1. The summed E-state index contributed by atoms with van der Waals surface area (Å²) < 4.78 is 20.8. The van der Waals surface area contributed by atoms with E-state index in [1.807, 2.05) is 11.9 Å². The zero-order valence-electron chi connectivity index (χ0n) is 16.3. The summed E-state index contributed by atoms with van der Waals surface area (Å²) >= 11 is 0. The van der Waals surface area contributed by atoms with E-state index in [0.717, 1.165) is 20.1 Å². The second kappa shape index (κ2) is 10.0. The Morgan fingerprint density at radius 2 is 2.00 bits per heavy atom. The monoisotopic (exact) mass is 387 g/mol. The maximum Gasteiger partial charge on any atom is 0.471 e. The van der Waals surface area contributed by atoms with Gasteiger partial charge in [0, 0.05) is 26.6 Å². The van der Waals surface area contributed by atoms with Gasteiger partial charge < -0.3 is 9.79 Å². The summed E-state index contributed by atoms with van der Waals surface area (Å²) in [6.45, 7) is 3.05. The molecule has 4 unspecified atom stereocenters. The Morgan fingerprint density at radius 3 is 2.65 bits per heavy atom. The summed E-state index contributed by atoms with van der Waals surface area (Å²) in [4.78, 5) is 24.4. The van der Waals surface area contributed by atoms with Gasteiger partial charge in [-0.15, -0.1) is 0 Å². The largest absolute Gasteiger partial charge is 0.471 e. The van der Waals surface area contributed by atoms with E-state index in [1.165, 1.54) is 32.1 Å². The zero-order chi connectivity index (χ0) is 19.2. The quantitative estimate of drug-likeness (QED) is 0.503. The number of amides is 1. The molecule has 1 saturated carbocycles. The van der Waals surface area contributed by atoms with Gasteiger partial charge in [-0.3, -0.25) is 13.8 Å². The predicted molar refractivity (Wildman–Crippen MR) is 102 cm³/mol. The van der Waals surface area contributed by atoms with Crippen molar-refractivity contribution in [3.63, 3.8) is 0 Å². The predicted octanol–water partition coefficient (Wildman–Crippen LogP) is 4.01. The molecule has 0 aromatic rings. The molecule has 2 rings (SSSR count). The molecule has 0 aromatic heterocycles. The molecule has 0 aromatic carbocycles. The summed E-state index contributed by atoms with van der Waals surface area (Å²) in [7, 11) is -0.895. The smallest absolute Gasteiger partial charge is 0.345 e. The van der Waals surface area contributed by atoms with Gasteiger partial charge in [-0.1, -0.05) is 38.3 Å². The van der Waals surface area contributed by atoms with Crippen LogP contribution in [-0.2, 0) is 18.4 Å². The first-order valence-electron chi connectivity index (χ1n) is 9.78. The second-order valence-electron chi connectivity index (χ2n) is 7.83. The van der Waals surface area contributed by atoms with Gasteiger partial charge in [0.05, 0.1) is 6.61 Å². The van der Waals surface area contributed by atoms with Gasteiger partial charge in [-0.25, -0.2) is 4.57 Å².